The largest absolute Gasteiger partial charge is 0.309 e. The predicted octanol–water partition coefficient (Wildman–Crippen LogP) is 5.10. The van der Waals surface area contributed by atoms with Crippen molar-refractivity contribution in [2.45, 2.75) is 37.6 Å². The summed E-state index contributed by atoms with van der Waals surface area (Å²) in [4.78, 5) is 15.2. The Hall–Kier alpha value is -2.64. The highest BCUT2D eigenvalue weighted by Gasteiger charge is 2.31. The Kier molecular flexibility index (Phi) is 6.14. The Labute approximate surface area is 197 Å². The lowest BCUT2D eigenvalue weighted by molar-refractivity contribution is -0.118. The van der Waals surface area contributed by atoms with Crippen molar-refractivity contribution >= 4 is 43.2 Å². The van der Waals surface area contributed by atoms with Crippen LogP contribution in [0, 0.1) is 6.92 Å². The first-order chi connectivity index (χ1) is 15.2. The van der Waals surface area contributed by atoms with Crippen molar-refractivity contribution in [1.82, 2.24) is 0 Å². The Morgan fingerprint density at radius 1 is 1.06 bits per heavy atom. The molecule has 0 radical (unpaired) electrons. The summed E-state index contributed by atoms with van der Waals surface area (Å²) < 4.78 is 28.1. The quantitative estimate of drug-likeness (QED) is 0.477. The number of sulfonamides is 1. The minimum Gasteiger partial charge on any atom is -0.309 e. The third kappa shape index (κ3) is 4.32. The summed E-state index contributed by atoms with van der Waals surface area (Å²) in [6.07, 6.45) is 1.09. The Bertz CT molecular complexity index is 1260. The number of hydrogen-bond donors (Lipinski definition) is 0. The summed E-state index contributed by atoms with van der Waals surface area (Å²) in [5, 5.41) is 0. The van der Waals surface area contributed by atoms with Crippen molar-refractivity contribution in [3.63, 3.8) is 0 Å². The van der Waals surface area contributed by atoms with E-state index in [-0.39, 0.29) is 23.3 Å². The number of nitrogens with zero attached hydrogens (tertiary/aromatic N) is 2. The number of fused-ring (bicyclic) bond motifs is 1. The van der Waals surface area contributed by atoms with Crippen molar-refractivity contribution in [3.8, 4) is 0 Å². The second-order valence-corrected chi connectivity index (χ2v) is 11.1. The molecule has 1 amide bonds. The molecule has 0 fully saturated rings. The highest BCUT2D eigenvalue weighted by molar-refractivity contribution is 9.10. The molecule has 3 aromatic rings. The Morgan fingerprint density at radius 3 is 2.38 bits per heavy atom. The van der Waals surface area contributed by atoms with Crippen LogP contribution < -0.4 is 9.21 Å². The first kappa shape index (κ1) is 22.6. The summed E-state index contributed by atoms with van der Waals surface area (Å²) in [5.41, 5.74) is 4.53. The number of benzene rings is 3. The molecule has 1 unspecified atom stereocenters. The number of aryl methyl sites for hydroxylation is 1. The molecule has 1 aliphatic heterocycles. The molecule has 1 atom stereocenters. The first-order valence-electron chi connectivity index (χ1n) is 10.4. The van der Waals surface area contributed by atoms with Crippen LogP contribution in [-0.2, 0) is 27.7 Å². The van der Waals surface area contributed by atoms with Crippen LogP contribution in [0.4, 0.5) is 11.4 Å². The molecule has 0 aliphatic carbocycles. The smallest absolute Gasteiger partial charge is 0.264 e. The molecule has 0 spiro atoms. The molecule has 0 N–H and O–H groups in total. The lowest BCUT2D eigenvalue weighted by Gasteiger charge is -2.23. The number of anilines is 2. The van der Waals surface area contributed by atoms with Gasteiger partial charge in [-0.05, 0) is 73.9 Å². The van der Waals surface area contributed by atoms with Gasteiger partial charge in [0.05, 0.1) is 17.0 Å². The van der Waals surface area contributed by atoms with Crippen LogP contribution >= 0.6 is 15.9 Å². The average molecular weight is 513 g/mol. The van der Waals surface area contributed by atoms with Gasteiger partial charge in [0.2, 0.25) is 5.91 Å². The molecule has 3 aromatic carbocycles. The zero-order valence-corrected chi connectivity index (χ0v) is 20.7. The fourth-order valence-corrected chi connectivity index (χ4v) is 5.67. The highest BCUT2D eigenvalue weighted by atomic mass is 79.9. The number of carbonyl (C=O) groups excluding carboxylic acids is 1. The van der Waals surface area contributed by atoms with E-state index in [0.29, 0.717) is 5.69 Å². The van der Waals surface area contributed by atoms with E-state index in [1.165, 1.54) is 16.9 Å². The summed E-state index contributed by atoms with van der Waals surface area (Å²) in [7, 11) is -2.11. The van der Waals surface area contributed by atoms with Gasteiger partial charge in [0, 0.05) is 23.2 Å². The summed E-state index contributed by atoms with van der Waals surface area (Å²) in [6, 6.07) is 20.0. The van der Waals surface area contributed by atoms with Gasteiger partial charge < -0.3 is 4.90 Å². The zero-order valence-electron chi connectivity index (χ0n) is 18.2. The summed E-state index contributed by atoms with van der Waals surface area (Å²) in [5.74, 6) is 0.0342. The summed E-state index contributed by atoms with van der Waals surface area (Å²) in [6.45, 7) is 3.97. The van der Waals surface area contributed by atoms with Gasteiger partial charge in [-0.25, -0.2) is 8.42 Å². The van der Waals surface area contributed by atoms with E-state index in [1.807, 2.05) is 36.1 Å². The van der Waals surface area contributed by atoms with Crippen LogP contribution in [0.5, 0.6) is 0 Å². The van der Waals surface area contributed by atoms with Gasteiger partial charge in [-0.1, -0.05) is 45.8 Å². The van der Waals surface area contributed by atoms with Crippen LogP contribution in [0.15, 0.2) is 76.1 Å². The maximum Gasteiger partial charge on any atom is 0.264 e. The molecule has 32 heavy (non-hydrogen) atoms. The van der Waals surface area contributed by atoms with Crippen molar-refractivity contribution in [3.05, 3.63) is 87.9 Å². The van der Waals surface area contributed by atoms with Gasteiger partial charge in [0.1, 0.15) is 0 Å². The van der Waals surface area contributed by atoms with Crippen molar-refractivity contribution < 1.29 is 13.2 Å². The molecule has 1 aliphatic rings. The number of amides is 1. The first-order valence-corrected chi connectivity index (χ1v) is 12.6. The lowest BCUT2D eigenvalue weighted by atomic mass is 10.1. The molecular formula is C25H25BrN2O3S. The van der Waals surface area contributed by atoms with Gasteiger partial charge in [0.25, 0.3) is 10.0 Å². The molecule has 0 saturated carbocycles. The molecule has 4 rings (SSSR count). The van der Waals surface area contributed by atoms with Gasteiger partial charge in [-0.15, -0.1) is 0 Å². The highest BCUT2D eigenvalue weighted by Crippen LogP contribution is 2.34. The second kappa shape index (κ2) is 8.71. The van der Waals surface area contributed by atoms with Crippen LogP contribution in [0.3, 0.4) is 0 Å². The maximum atomic E-state index is 13.1. The maximum absolute atomic E-state index is 13.1. The van der Waals surface area contributed by atoms with Crippen molar-refractivity contribution in [2.24, 2.45) is 0 Å². The third-order valence-electron chi connectivity index (χ3n) is 5.86. The topological polar surface area (TPSA) is 57.7 Å². The zero-order chi connectivity index (χ0) is 23.0. The van der Waals surface area contributed by atoms with Gasteiger partial charge in [0.15, 0.2) is 0 Å². The van der Waals surface area contributed by atoms with E-state index < -0.39 is 10.0 Å². The van der Waals surface area contributed by atoms with Gasteiger partial charge >= 0.3 is 0 Å². The van der Waals surface area contributed by atoms with E-state index in [4.69, 9.17) is 0 Å². The molecule has 7 heteroatoms. The minimum absolute atomic E-state index is 0.0342. The average Bonchev–Trinajstić information content (AvgIpc) is 3.08. The van der Waals surface area contributed by atoms with E-state index in [9.17, 15) is 13.2 Å². The minimum atomic E-state index is -3.65. The van der Waals surface area contributed by atoms with Crippen LogP contribution in [0.25, 0.3) is 0 Å². The molecule has 5 nitrogen and oxygen atoms in total. The fourth-order valence-electron chi connectivity index (χ4n) is 4.07. The molecule has 166 valence electrons. The van der Waals surface area contributed by atoms with E-state index in [1.54, 1.807) is 36.4 Å². The predicted molar refractivity (Wildman–Crippen MR) is 132 cm³/mol. The van der Waals surface area contributed by atoms with Gasteiger partial charge in [-0.2, -0.15) is 0 Å². The van der Waals surface area contributed by atoms with Gasteiger partial charge in [-0.3, -0.25) is 9.10 Å². The molecule has 0 bridgehead atoms. The lowest BCUT2D eigenvalue weighted by Crippen LogP contribution is -2.36. The van der Waals surface area contributed by atoms with Crippen molar-refractivity contribution in [1.29, 1.82) is 0 Å². The number of rotatable bonds is 5. The molecule has 1 heterocycles. The van der Waals surface area contributed by atoms with Crippen LogP contribution in [-0.4, -0.2) is 27.4 Å². The standard InChI is InChI=1S/C25H25BrN2O3S/c1-17-4-11-23(12-5-17)32(30,31)27(3)22-9-6-19(7-10-22)15-25(29)28-18(2)14-20-16-21(26)8-13-24(20)28/h4-13,16,18H,14-15H2,1-3H3. The second-order valence-electron chi connectivity index (χ2n) is 8.22. The molecular weight excluding hydrogens is 488 g/mol. The van der Waals surface area contributed by atoms with Crippen LogP contribution in [0.2, 0.25) is 0 Å². The fraction of sp³-hybridized carbons (Fsp3) is 0.240. The Balaban J connectivity index is 1.50. The Morgan fingerprint density at radius 2 is 1.72 bits per heavy atom. The van der Waals surface area contributed by atoms with E-state index >= 15 is 0 Å². The molecule has 0 aromatic heterocycles. The number of hydrogen-bond acceptors (Lipinski definition) is 3. The van der Waals surface area contributed by atoms with Crippen LogP contribution in [0.1, 0.15) is 23.6 Å². The SMILES string of the molecule is Cc1ccc(S(=O)(=O)N(C)c2ccc(CC(=O)N3c4ccc(Br)cc4CC3C)cc2)cc1. The summed E-state index contributed by atoms with van der Waals surface area (Å²) >= 11 is 3.50. The van der Waals surface area contributed by atoms with Crippen molar-refractivity contribution in [2.75, 3.05) is 16.3 Å². The number of halogens is 1. The third-order valence-corrected chi connectivity index (χ3v) is 8.15. The number of carbonyl (C=O) groups is 1. The normalized spacial score (nSPS) is 15.5. The monoisotopic (exact) mass is 512 g/mol. The van der Waals surface area contributed by atoms with E-state index in [2.05, 4.69) is 28.9 Å². The van der Waals surface area contributed by atoms with E-state index in [0.717, 1.165) is 27.7 Å². The molecule has 0 saturated heterocycles.